The zero-order chi connectivity index (χ0) is 13.0. The third-order valence-electron chi connectivity index (χ3n) is 3.12. The van der Waals surface area contributed by atoms with E-state index >= 15 is 0 Å². The molecule has 2 N–H and O–H groups in total. The molecule has 0 bridgehead atoms. The molecule has 0 radical (unpaired) electrons. The third kappa shape index (κ3) is 3.70. The number of nitrogens with two attached hydrogens (primary N) is 1. The van der Waals surface area contributed by atoms with E-state index in [9.17, 15) is 0 Å². The maximum Gasteiger partial charge on any atom is 0.133 e. The number of rotatable bonds is 5. The molecule has 0 aliphatic rings. The summed E-state index contributed by atoms with van der Waals surface area (Å²) < 4.78 is 0. The molecule has 3 heteroatoms. The molecule has 1 unspecified atom stereocenters. The lowest BCUT2D eigenvalue weighted by atomic mass is 10.0. The van der Waals surface area contributed by atoms with Crippen molar-refractivity contribution < 1.29 is 0 Å². The van der Waals surface area contributed by atoms with Crippen LogP contribution in [0.15, 0.2) is 18.3 Å². The average molecular weight is 235 g/mol. The second-order valence-corrected chi connectivity index (χ2v) is 5.29. The zero-order valence-corrected chi connectivity index (χ0v) is 11.6. The normalized spacial score (nSPS) is 14.8. The minimum atomic E-state index is 0.0207. The largest absolute Gasteiger partial charge is 0.357 e. The van der Waals surface area contributed by atoms with E-state index in [1.54, 1.807) is 0 Å². The molecule has 0 amide bonds. The van der Waals surface area contributed by atoms with Gasteiger partial charge in [0.25, 0.3) is 0 Å². The summed E-state index contributed by atoms with van der Waals surface area (Å²) in [6.07, 6.45) is 2.99. The maximum atomic E-state index is 5.99. The van der Waals surface area contributed by atoms with Crippen LogP contribution in [0, 0.1) is 5.92 Å². The number of pyridine rings is 1. The molecule has 1 aromatic rings. The Morgan fingerprint density at radius 1 is 1.29 bits per heavy atom. The van der Waals surface area contributed by atoms with Gasteiger partial charge < -0.3 is 10.6 Å². The van der Waals surface area contributed by atoms with Crippen LogP contribution in [0.25, 0.3) is 0 Å². The van der Waals surface area contributed by atoms with Gasteiger partial charge in [-0.2, -0.15) is 0 Å². The van der Waals surface area contributed by atoms with Gasteiger partial charge in [0.05, 0.1) is 0 Å². The van der Waals surface area contributed by atoms with Crippen molar-refractivity contribution in [3.8, 4) is 0 Å². The first-order chi connectivity index (χ1) is 7.93. The lowest BCUT2D eigenvalue weighted by molar-refractivity contribution is 0.500. The van der Waals surface area contributed by atoms with E-state index in [1.807, 2.05) is 19.2 Å². The highest BCUT2D eigenvalue weighted by Gasteiger charge is 2.17. The van der Waals surface area contributed by atoms with Gasteiger partial charge in [0, 0.05) is 30.9 Å². The van der Waals surface area contributed by atoms with Crippen LogP contribution in [-0.2, 0) is 0 Å². The van der Waals surface area contributed by atoms with E-state index in [0.29, 0.717) is 12.0 Å². The fourth-order valence-corrected chi connectivity index (χ4v) is 2.11. The summed E-state index contributed by atoms with van der Waals surface area (Å²) in [4.78, 5) is 6.71. The molecule has 1 aromatic heterocycles. The quantitative estimate of drug-likeness (QED) is 0.853. The SMILES string of the molecule is CC(C)CC(C)N(C)c1ncccc1[C@@H](C)N. The lowest BCUT2D eigenvalue weighted by Gasteiger charge is -2.29. The molecule has 0 fully saturated rings. The molecule has 96 valence electrons. The van der Waals surface area contributed by atoms with Gasteiger partial charge in [0.15, 0.2) is 0 Å². The van der Waals surface area contributed by atoms with Crippen LogP contribution >= 0.6 is 0 Å². The summed E-state index contributed by atoms with van der Waals surface area (Å²) in [6.45, 7) is 8.73. The molecule has 1 rings (SSSR count). The number of anilines is 1. The first-order valence-corrected chi connectivity index (χ1v) is 6.36. The van der Waals surface area contributed by atoms with E-state index in [-0.39, 0.29) is 6.04 Å². The summed E-state index contributed by atoms with van der Waals surface area (Å²) in [5.74, 6) is 1.70. The van der Waals surface area contributed by atoms with Crippen LogP contribution in [0.1, 0.15) is 45.7 Å². The minimum Gasteiger partial charge on any atom is -0.357 e. The van der Waals surface area contributed by atoms with Gasteiger partial charge in [-0.1, -0.05) is 19.9 Å². The van der Waals surface area contributed by atoms with Crippen molar-refractivity contribution >= 4 is 5.82 Å². The minimum absolute atomic E-state index is 0.0207. The summed E-state index contributed by atoms with van der Waals surface area (Å²) in [5, 5.41) is 0. The molecule has 0 saturated heterocycles. The molecule has 0 saturated carbocycles. The maximum absolute atomic E-state index is 5.99. The van der Waals surface area contributed by atoms with Crippen LogP contribution in [0.5, 0.6) is 0 Å². The second-order valence-electron chi connectivity index (χ2n) is 5.29. The highest BCUT2D eigenvalue weighted by molar-refractivity contribution is 5.48. The second kappa shape index (κ2) is 6.01. The molecule has 0 aliphatic carbocycles. The van der Waals surface area contributed by atoms with Crippen LogP contribution in [0.3, 0.4) is 0 Å². The highest BCUT2D eigenvalue weighted by atomic mass is 15.2. The summed E-state index contributed by atoms with van der Waals surface area (Å²) in [7, 11) is 2.10. The van der Waals surface area contributed by atoms with Gasteiger partial charge in [-0.15, -0.1) is 0 Å². The number of hydrogen-bond donors (Lipinski definition) is 1. The van der Waals surface area contributed by atoms with Crippen molar-refractivity contribution in [1.82, 2.24) is 4.98 Å². The fraction of sp³-hybridized carbons (Fsp3) is 0.643. The van der Waals surface area contributed by atoms with Crippen LogP contribution in [0.4, 0.5) is 5.82 Å². The first-order valence-electron chi connectivity index (χ1n) is 6.36. The Hall–Kier alpha value is -1.09. The Bertz CT molecular complexity index is 347. The van der Waals surface area contributed by atoms with Crippen molar-refractivity contribution in [2.24, 2.45) is 11.7 Å². The molecule has 0 spiro atoms. The monoisotopic (exact) mass is 235 g/mol. The van der Waals surface area contributed by atoms with Crippen molar-refractivity contribution in [1.29, 1.82) is 0 Å². The Morgan fingerprint density at radius 3 is 2.47 bits per heavy atom. The summed E-state index contributed by atoms with van der Waals surface area (Å²) in [5.41, 5.74) is 7.10. The van der Waals surface area contributed by atoms with Gasteiger partial charge in [-0.3, -0.25) is 0 Å². The summed E-state index contributed by atoms with van der Waals surface area (Å²) in [6, 6.07) is 4.50. The van der Waals surface area contributed by atoms with Gasteiger partial charge in [0.2, 0.25) is 0 Å². The molecule has 17 heavy (non-hydrogen) atoms. The Labute approximate surface area is 105 Å². The predicted molar refractivity (Wildman–Crippen MR) is 74.2 cm³/mol. The van der Waals surface area contributed by atoms with E-state index in [2.05, 4.69) is 43.8 Å². The van der Waals surface area contributed by atoms with Gasteiger partial charge >= 0.3 is 0 Å². The first kappa shape index (κ1) is 14.0. The zero-order valence-electron chi connectivity index (χ0n) is 11.6. The molecule has 0 aliphatic heterocycles. The molecule has 1 heterocycles. The van der Waals surface area contributed by atoms with Gasteiger partial charge in [-0.25, -0.2) is 4.98 Å². The Kier molecular flexibility index (Phi) is 4.94. The molecule has 2 atom stereocenters. The van der Waals surface area contributed by atoms with Gasteiger partial charge in [0.1, 0.15) is 5.82 Å². The van der Waals surface area contributed by atoms with Crippen molar-refractivity contribution in [2.45, 2.75) is 46.2 Å². The summed E-state index contributed by atoms with van der Waals surface area (Å²) >= 11 is 0. The molecular formula is C14H25N3. The lowest BCUT2D eigenvalue weighted by Crippen LogP contribution is -2.32. The fourth-order valence-electron chi connectivity index (χ4n) is 2.11. The van der Waals surface area contributed by atoms with Crippen molar-refractivity contribution in [3.63, 3.8) is 0 Å². The van der Waals surface area contributed by atoms with Crippen molar-refractivity contribution in [2.75, 3.05) is 11.9 Å². The topological polar surface area (TPSA) is 42.2 Å². The predicted octanol–water partition coefficient (Wildman–Crippen LogP) is 2.97. The molecule has 0 aromatic carbocycles. The Balaban J connectivity index is 2.91. The van der Waals surface area contributed by atoms with E-state index in [1.165, 1.54) is 0 Å². The van der Waals surface area contributed by atoms with Crippen LogP contribution < -0.4 is 10.6 Å². The van der Waals surface area contributed by atoms with E-state index < -0.39 is 0 Å². The average Bonchev–Trinajstić information content (AvgIpc) is 2.27. The Morgan fingerprint density at radius 2 is 1.94 bits per heavy atom. The standard InChI is InChI=1S/C14H25N3/c1-10(2)9-11(3)17(5)14-13(12(4)15)7-6-8-16-14/h6-8,10-12H,9,15H2,1-5H3/t11?,12-/m1/s1. The van der Waals surface area contributed by atoms with Crippen molar-refractivity contribution in [3.05, 3.63) is 23.9 Å². The molecule has 3 nitrogen and oxygen atoms in total. The number of hydrogen-bond acceptors (Lipinski definition) is 3. The van der Waals surface area contributed by atoms with E-state index in [4.69, 9.17) is 5.73 Å². The van der Waals surface area contributed by atoms with Crippen LogP contribution in [-0.4, -0.2) is 18.1 Å². The highest BCUT2D eigenvalue weighted by Crippen LogP contribution is 2.24. The van der Waals surface area contributed by atoms with Gasteiger partial charge in [-0.05, 0) is 32.3 Å². The molecular weight excluding hydrogens is 210 g/mol. The third-order valence-corrected chi connectivity index (χ3v) is 3.12. The number of aromatic nitrogens is 1. The number of nitrogens with zero attached hydrogens (tertiary/aromatic N) is 2. The van der Waals surface area contributed by atoms with Crippen LogP contribution in [0.2, 0.25) is 0 Å². The smallest absolute Gasteiger partial charge is 0.133 e. The van der Waals surface area contributed by atoms with E-state index in [0.717, 1.165) is 17.8 Å².